The first kappa shape index (κ1) is 24.0. The molecule has 8 nitrogen and oxygen atoms in total. The fourth-order valence-corrected chi connectivity index (χ4v) is 5.56. The quantitative estimate of drug-likeness (QED) is 0.283. The Labute approximate surface area is 223 Å². The summed E-state index contributed by atoms with van der Waals surface area (Å²) < 4.78 is 13.4. The van der Waals surface area contributed by atoms with Gasteiger partial charge in [0.1, 0.15) is 22.6 Å². The van der Waals surface area contributed by atoms with Crippen LogP contribution in [0.5, 0.6) is 11.5 Å². The van der Waals surface area contributed by atoms with Gasteiger partial charge in [0.25, 0.3) is 0 Å². The first-order chi connectivity index (χ1) is 18.6. The molecular weight excluding hydrogens is 500 g/mol. The molecule has 2 aromatic heterocycles. The van der Waals surface area contributed by atoms with E-state index < -0.39 is 5.97 Å². The van der Waals surface area contributed by atoms with Crippen LogP contribution in [0.25, 0.3) is 26.8 Å². The highest BCUT2D eigenvalue weighted by atomic mass is 32.1. The van der Waals surface area contributed by atoms with Crippen LogP contribution in [-0.4, -0.2) is 52.0 Å². The number of benzene rings is 3. The lowest BCUT2D eigenvalue weighted by atomic mass is 10.1. The van der Waals surface area contributed by atoms with Crippen LogP contribution in [0, 0.1) is 0 Å². The zero-order valence-corrected chi connectivity index (χ0v) is 21.6. The minimum Gasteiger partial charge on any atom is -0.497 e. The van der Waals surface area contributed by atoms with E-state index in [9.17, 15) is 4.79 Å². The van der Waals surface area contributed by atoms with Gasteiger partial charge >= 0.3 is 5.97 Å². The third kappa shape index (κ3) is 4.80. The molecule has 6 rings (SSSR count). The molecule has 0 amide bonds. The number of hydrogen-bond acceptors (Lipinski definition) is 7. The van der Waals surface area contributed by atoms with Crippen molar-refractivity contribution < 1.29 is 19.4 Å². The van der Waals surface area contributed by atoms with Crippen molar-refractivity contribution in [2.24, 2.45) is 0 Å². The Morgan fingerprint density at radius 2 is 1.58 bits per heavy atom. The number of carboxylic acids is 1. The summed E-state index contributed by atoms with van der Waals surface area (Å²) in [7, 11) is 1.68. The summed E-state index contributed by atoms with van der Waals surface area (Å²) in [4.78, 5) is 18.8. The maximum Gasteiger partial charge on any atom is 0.335 e. The van der Waals surface area contributed by atoms with Gasteiger partial charge in [-0.05, 0) is 60.7 Å². The number of imidazole rings is 1. The Kier molecular flexibility index (Phi) is 6.43. The third-order valence-electron chi connectivity index (χ3n) is 6.80. The monoisotopic (exact) mass is 526 g/mol. The van der Waals surface area contributed by atoms with Gasteiger partial charge in [-0.1, -0.05) is 23.5 Å². The van der Waals surface area contributed by atoms with E-state index in [1.54, 1.807) is 42.1 Å². The molecule has 1 fully saturated rings. The van der Waals surface area contributed by atoms with E-state index in [0.717, 1.165) is 64.2 Å². The van der Waals surface area contributed by atoms with Crippen LogP contribution in [-0.2, 0) is 0 Å². The number of carbonyl (C=O) groups is 1. The summed E-state index contributed by atoms with van der Waals surface area (Å²) in [5.74, 6) is 0.782. The van der Waals surface area contributed by atoms with Gasteiger partial charge in [0.05, 0.1) is 24.6 Å². The maximum atomic E-state index is 11.1. The lowest BCUT2D eigenvalue weighted by Gasteiger charge is -2.33. The highest BCUT2D eigenvalue weighted by molar-refractivity contribution is 7.19. The van der Waals surface area contributed by atoms with Crippen molar-refractivity contribution in [2.75, 3.05) is 25.1 Å². The van der Waals surface area contributed by atoms with E-state index >= 15 is 0 Å². The number of nitrogens with zero attached hydrogens (tertiary/aromatic N) is 4. The van der Waals surface area contributed by atoms with Crippen molar-refractivity contribution in [3.05, 3.63) is 84.6 Å². The molecule has 3 aromatic carbocycles. The van der Waals surface area contributed by atoms with Crippen LogP contribution < -0.4 is 14.4 Å². The van der Waals surface area contributed by atoms with Crippen molar-refractivity contribution >= 4 is 28.0 Å². The topological polar surface area (TPSA) is 89.2 Å². The van der Waals surface area contributed by atoms with Crippen molar-refractivity contribution in [1.29, 1.82) is 0 Å². The first-order valence-electron chi connectivity index (χ1n) is 12.4. The number of piperidine rings is 1. The van der Waals surface area contributed by atoms with Gasteiger partial charge in [0.15, 0.2) is 0 Å². The molecule has 0 unspecified atom stereocenters. The second-order valence-electron chi connectivity index (χ2n) is 9.15. The zero-order valence-electron chi connectivity index (χ0n) is 20.8. The summed E-state index contributed by atoms with van der Waals surface area (Å²) in [5.41, 5.74) is 4.14. The Hall–Kier alpha value is -4.37. The standard InChI is InChI=1S/C29H26N4O4S/c1-36-23-12-8-22(9-13-23)32-16-14-25(15-17-32)37-24-10-6-20(7-11-24)27-31-33-26(18-30-29(33)38-27)19-2-4-21(5-3-19)28(34)35/h2-13,18,25H,14-17H2,1H3,(H,34,35). The lowest BCUT2D eigenvalue weighted by molar-refractivity contribution is 0.0697. The zero-order chi connectivity index (χ0) is 26.1. The van der Waals surface area contributed by atoms with Crippen LogP contribution in [0.3, 0.4) is 0 Å². The predicted molar refractivity (Wildman–Crippen MR) is 148 cm³/mol. The molecule has 9 heteroatoms. The van der Waals surface area contributed by atoms with E-state index in [4.69, 9.17) is 19.7 Å². The van der Waals surface area contributed by atoms with Crippen LogP contribution >= 0.6 is 11.3 Å². The largest absolute Gasteiger partial charge is 0.497 e. The van der Waals surface area contributed by atoms with Crippen LogP contribution in [0.2, 0.25) is 0 Å². The molecule has 0 bridgehead atoms. The van der Waals surface area contributed by atoms with E-state index in [1.807, 2.05) is 36.4 Å². The smallest absolute Gasteiger partial charge is 0.335 e. The van der Waals surface area contributed by atoms with Gasteiger partial charge < -0.3 is 19.5 Å². The van der Waals surface area contributed by atoms with Gasteiger partial charge in [0, 0.05) is 42.7 Å². The fourth-order valence-electron chi connectivity index (χ4n) is 4.68. The summed E-state index contributed by atoms with van der Waals surface area (Å²) in [6.45, 7) is 1.91. The molecule has 0 radical (unpaired) electrons. The number of methoxy groups -OCH3 is 1. The molecule has 1 aliphatic rings. The number of aromatic carboxylic acids is 1. The number of hydrogen-bond donors (Lipinski definition) is 1. The molecule has 5 aromatic rings. The summed E-state index contributed by atoms with van der Waals surface area (Å²) in [6, 6.07) is 23.0. The Bertz CT molecular complexity index is 1550. The average molecular weight is 527 g/mol. The first-order valence-corrected chi connectivity index (χ1v) is 13.2. The molecule has 0 aliphatic carbocycles. The molecule has 1 saturated heterocycles. The molecular formula is C29H26N4O4S. The maximum absolute atomic E-state index is 11.1. The summed E-state index contributed by atoms with van der Waals surface area (Å²) >= 11 is 1.51. The Balaban J connectivity index is 1.10. The molecule has 3 heterocycles. The second-order valence-corrected chi connectivity index (χ2v) is 10.1. The minimum atomic E-state index is -0.947. The number of ether oxygens (including phenoxy) is 2. The normalized spacial score (nSPS) is 14.1. The van der Waals surface area contributed by atoms with Crippen molar-refractivity contribution in [2.45, 2.75) is 18.9 Å². The summed E-state index contributed by atoms with van der Waals surface area (Å²) in [5, 5.41) is 14.8. The van der Waals surface area contributed by atoms with Crippen LogP contribution in [0.4, 0.5) is 5.69 Å². The number of aromatic nitrogens is 3. The number of fused-ring (bicyclic) bond motifs is 1. The molecule has 0 saturated carbocycles. The third-order valence-corrected chi connectivity index (χ3v) is 7.77. The SMILES string of the molecule is COc1ccc(N2CCC(Oc3ccc(-c4nn5c(-c6ccc(C(=O)O)cc6)cnc5s4)cc3)CC2)cc1. The minimum absolute atomic E-state index is 0.188. The number of rotatable bonds is 7. The van der Waals surface area contributed by atoms with Gasteiger partial charge in [-0.25, -0.2) is 14.3 Å². The second kappa shape index (κ2) is 10.2. The van der Waals surface area contributed by atoms with E-state index in [2.05, 4.69) is 22.0 Å². The highest BCUT2D eigenvalue weighted by Crippen LogP contribution is 2.31. The fraction of sp³-hybridized carbons (Fsp3) is 0.207. The highest BCUT2D eigenvalue weighted by Gasteiger charge is 2.21. The van der Waals surface area contributed by atoms with Gasteiger partial charge in [0.2, 0.25) is 4.96 Å². The summed E-state index contributed by atoms with van der Waals surface area (Å²) in [6.07, 6.45) is 3.88. The van der Waals surface area contributed by atoms with Crippen molar-refractivity contribution in [3.63, 3.8) is 0 Å². The van der Waals surface area contributed by atoms with Gasteiger partial charge in [-0.2, -0.15) is 5.10 Å². The van der Waals surface area contributed by atoms with Crippen molar-refractivity contribution in [3.8, 4) is 33.3 Å². The van der Waals surface area contributed by atoms with Crippen molar-refractivity contribution in [1.82, 2.24) is 14.6 Å². The van der Waals surface area contributed by atoms with E-state index in [1.165, 1.54) is 17.0 Å². The molecule has 1 aliphatic heterocycles. The van der Waals surface area contributed by atoms with E-state index in [0.29, 0.717) is 0 Å². The van der Waals surface area contributed by atoms with Gasteiger partial charge in [-0.15, -0.1) is 0 Å². The van der Waals surface area contributed by atoms with Crippen LogP contribution in [0.15, 0.2) is 79.0 Å². The Morgan fingerprint density at radius 3 is 2.24 bits per heavy atom. The van der Waals surface area contributed by atoms with Crippen LogP contribution in [0.1, 0.15) is 23.2 Å². The molecule has 0 atom stereocenters. The molecule has 38 heavy (non-hydrogen) atoms. The van der Waals surface area contributed by atoms with Gasteiger partial charge in [-0.3, -0.25) is 0 Å². The average Bonchev–Trinajstić information content (AvgIpc) is 3.55. The van der Waals surface area contributed by atoms with E-state index in [-0.39, 0.29) is 11.7 Å². The number of carboxylic acid groups (broad SMARTS) is 1. The number of anilines is 1. The molecule has 192 valence electrons. The Morgan fingerprint density at radius 1 is 0.921 bits per heavy atom. The molecule has 1 N–H and O–H groups in total. The molecule has 0 spiro atoms. The predicted octanol–water partition coefficient (Wildman–Crippen LogP) is 5.88. The lowest BCUT2D eigenvalue weighted by Crippen LogP contribution is -2.38.